The van der Waals surface area contributed by atoms with Crippen LogP contribution in [-0.2, 0) is 22.4 Å². The Balaban J connectivity index is 1.56. The molecular weight excluding hydrogens is 334 g/mol. The number of hydrogen-bond acceptors (Lipinski definition) is 5. The van der Waals surface area contributed by atoms with Crippen molar-refractivity contribution in [2.45, 2.75) is 31.7 Å². The van der Waals surface area contributed by atoms with Gasteiger partial charge in [-0.25, -0.2) is 0 Å². The Kier molecular flexibility index (Phi) is 4.91. The highest BCUT2D eigenvalue weighted by Crippen LogP contribution is 2.24. The number of carboxylic acids is 1. The van der Waals surface area contributed by atoms with Crippen molar-refractivity contribution < 1.29 is 19.4 Å². The lowest BCUT2D eigenvalue weighted by molar-refractivity contribution is -0.138. The van der Waals surface area contributed by atoms with Crippen LogP contribution in [0.4, 0.5) is 0 Å². The van der Waals surface area contributed by atoms with Crippen molar-refractivity contribution in [3.63, 3.8) is 0 Å². The lowest BCUT2D eigenvalue weighted by Gasteiger charge is -2.30. The molecule has 0 saturated carbocycles. The third kappa shape index (κ3) is 3.59. The third-order valence-electron chi connectivity index (χ3n) is 5.58. The number of carboxylic acid groups (broad SMARTS) is 1. The van der Waals surface area contributed by atoms with Gasteiger partial charge in [0.1, 0.15) is 0 Å². The van der Waals surface area contributed by atoms with Crippen LogP contribution in [0.25, 0.3) is 0 Å². The number of carbonyl (C=O) groups excluding carboxylic acids is 1. The number of fused-ring (bicyclic) bond motifs is 4. The smallest absolute Gasteiger partial charge is 0.317 e. The number of aliphatic carboxylic acids is 1. The van der Waals surface area contributed by atoms with Crippen LogP contribution in [0.3, 0.4) is 0 Å². The number of nitrogens with zero attached hydrogens (tertiary/aromatic N) is 3. The van der Waals surface area contributed by atoms with Gasteiger partial charge in [-0.15, -0.1) is 0 Å². The predicted molar refractivity (Wildman–Crippen MR) is 94.1 cm³/mol. The van der Waals surface area contributed by atoms with Gasteiger partial charge in [-0.2, -0.15) is 0 Å². The summed E-state index contributed by atoms with van der Waals surface area (Å²) in [5, 5.41) is 9.12. The standard InChI is InChI=1S/C19H25N3O4/c23-18(24)10-21-7-13-8-22(16(9-21)12-26-11-13)19(25)15-5-14-3-1-2-4-17(14)20-6-15/h5-6,13,16H,1-4,7-12H2,(H,23,24)/t13-,16-/m0/s1. The molecule has 2 bridgehead atoms. The van der Waals surface area contributed by atoms with E-state index in [4.69, 9.17) is 9.84 Å². The van der Waals surface area contributed by atoms with Gasteiger partial charge in [0.15, 0.2) is 0 Å². The zero-order valence-electron chi connectivity index (χ0n) is 14.9. The van der Waals surface area contributed by atoms with Gasteiger partial charge in [-0.05, 0) is 37.3 Å². The van der Waals surface area contributed by atoms with Crippen molar-refractivity contribution in [1.29, 1.82) is 0 Å². The Morgan fingerprint density at radius 1 is 1.19 bits per heavy atom. The minimum Gasteiger partial charge on any atom is -0.480 e. The number of rotatable bonds is 3. The van der Waals surface area contributed by atoms with E-state index in [9.17, 15) is 9.59 Å². The highest BCUT2D eigenvalue weighted by atomic mass is 16.5. The summed E-state index contributed by atoms with van der Waals surface area (Å²) in [5.74, 6) is -0.706. The fraction of sp³-hybridized carbons (Fsp3) is 0.632. The van der Waals surface area contributed by atoms with E-state index in [-0.39, 0.29) is 24.4 Å². The topological polar surface area (TPSA) is 83.0 Å². The van der Waals surface area contributed by atoms with Gasteiger partial charge in [0.25, 0.3) is 5.91 Å². The maximum absolute atomic E-state index is 13.2. The van der Waals surface area contributed by atoms with E-state index >= 15 is 0 Å². The molecule has 2 saturated heterocycles. The van der Waals surface area contributed by atoms with Gasteiger partial charge < -0.3 is 14.7 Å². The van der Waals surface area contributed by atoms with Crippen molar-refractivity contribution in [3.8, 4) is 0 Å². The first-order valence-corrected chi connectivity index (χ1v) is 9.41. The second-order valence-corrected chi connectivity index (χ2v) is 7.64. The molecule has 26 heavy (non-hydrogen) atoms. The molecule has 4 rings (SSSR count). The number of aryl methyl sites for hydroxylation is 2. The molecule has 0 radical (unpaired) electrons. The second kappa shape index (κ2) is 7.32. The molecule has 0 unspecified atom stereocenters. The van der Waals surface area contributed by atoms with E-state index < -0.39 is 5.97 Å². The normalized spacial score (nSPS) is 26.1. The average molecular weight is 359 g/mol. The van der Waals surface area contributed by atoms with Gasteiger partial charge in [-0.3, -0.25) is 19.5 Å². The molecule has 0 spiro atoms. The third-order valence-corrected chi connectivity index (χ3v) is 5.58. The quantitative estimate of drug-likeness (QED) is 0.860. The Bertz CT molecular complexity index is 708. The Morgan fingerprint density at radius 2 is 2.04 bits per heavy atom. The molecule has 1 amide bonds. The summed E-state index contributed by atoms with van der Waals surface area (Å²) in [5.41, 5.74) is 2.96. The summed E-state index contributed by atoms with van der Waals surface area (Å²) < 4.78 is 5.74. The summed E-state index contributed by atoms with van der Waals surface area (Å²) in [6.07, 6.45) is 6.01. The van der Waals surface area contributed by atoms with Gasteiger partial charge in [0.2, 0.25) is 0 Å². The molecule has 7 heteroatoms. The molecule has 140 valence electrons. The van der Waals surface area contributed by atoms with E-state index in [0.717, 1.165) is 25.0 Å². The fourth-order valence-electron chi connectivity index (χ4n) is 4.38. The summed E-state index contributed by atoms with van der Waals surface area (Å²) in [6, 6.07) is 1.89. The molecule has 1 N–H and O–H groups in total. The molecule has 2 aliphatic heterocycles. The maximum atomic E-state index is 13.2. The molecule has 3 heterocycles. The van der Waals surface area contributed by atoms with Gasteiger partial charge in [-0.1, -0.05) is 0 Å². The van der Waals surface area contributed by atoms with Crippen molar-refractivity contribution in [1.82, 2.24) is 14.8 Å². The zero-order chi connectivity index (χ0) is 18.1. The summed E-state index contributed by atoms with van der Waals surface area (Å²) in [6.45, 7) is 2.82. The Hall–Kier alpha value is -1.99. The van der Waals surface area contributed by atoms with Crippen molar-refractivity contribution in [2.24, 2.45) is 5.92 Å². The SMILES string of the molecule is O=C(O)CN1C[C@@H]2COC[C@H](C1)N(C(=O)c1cnc3c(c1)CCCC3)C2. The molecule has 1 aliphatic carbocycles. The lowest BCUT2D eigenvalue weighted by atomic mass is 9.95. The monoisotopic (exact) mass is 359 g/mol. The number of carbonyl (C=O) groups is 2. The Morgan fingerprint density at radius 3 is 2.88 bits per heavy atom. The Labute approximate surface area is 152 Å². The highest BCUT2D eigenvalue weighted by molar-refractivity contribution is 5.94. The number of pyridine rings is 1. The minimum atomic E-state index is -0.831. The van der Waals surface area contributed by atoms with Crippen LogP contribution in [0.15, 0.2) is 12.3 Å². The van der Waals surface area contributed by atoms with Crippen LogP contribution < -0.4 is 0 Å². The molecule has 0 aromatic carbocycles. The summed E-state index contributed by atoms with van der Waals surface area (Å²) >= 11 is 0. The van der Waals surface area contributed by atoms with Crippen LogP contribution in [0.2, 0.25) is 0 Å². The van der Waals surface area contributed by atoms with E-state index in [2.05, 4.69) is 4.98 Å². The number of ether oxygens (including phenoxy) is 1. The second-order valence-electron chi connectivity index (χ2n) is 7.64. The van der Waals surface area contributed by atoms with Gasteiger partial charge >= 0.3 is 5.97 Å². The number of aromatic nitrogens is 1. The average Bonchev–Trinajstić information content (AvgIpc) is 2.91. The molecular formula is C19H25N3O4. The van der Waals surface area contributed by atoms with E-state index in [1.54, 1.807) is 6.20 Å². The molecule has 2 fully saturated rings. The van der Waals surface area contributed by atoms with Crippen molar-refractivity contribution in [3.05, 3.63) is 29.1 Å². The molecule has 3 aliphatic rings. The van der Waals surface area contributed by atoms with Crippen LogP contribution in [0, 0.1) is 5.92 Å². The first-order valence-electron chi connectivity index (χ1n) is 9.41. The van der Waals surface area contributed by atoms with Gasteiger partial charge in [0, 0.05) is 37.4 Å². The molecule has 7 nitrogen and oxygen atoms in total. The highest BCUT2D eigenvalue weighted by Gasteiger charge is 2.36. The van der Waals surface area contributed by atoms with E-state index in [1.807, 2.05) is 15.9 Å². The van der Waals surface area contributed by atoms with E-state index in [0.29, 0.717) is 38.4 Å². The largest absolute Gasteiger partial charge is 0.480 e. The van der Waals surface area contributed by atoms with Crippen LogP contribution in [0.5, 0.6) is 0 Å². The minimum absolute atomic E-state index is 0.00936. The van der Waals surface area contributed by atoms with Crippen molar-refractivity contribution in [2.75, 3.05) is 39.4 Å². The molecule has 1 aromatic heterocycles. The molecule has 2 atom stereocenters. The van der Waals surface area contributed by atoms with Crippen LogP contribution in [0.1, 0.15) is 34.5 Å². The van der Waals surface area contributed by atoms with Crippen LogP contribution >= 0.6 is 0 Å². The zero-order valence-corrected chi connectivity index (χ0v) is 14.9. The van der Waals surface area contributed by atoms with E-state index in [1.165, 1.54) is 12.0 Å². The summed E-state index contributed by atoms with van der Waals surface area (Å²) in [4.78, 5) is 32.7. The lowest BCUT2D eigenvalue weighted by Crippen LogP contribution is -2.47. The summed E-state index contributed by atoms with van der Waals surface area (Å²) in [7, 11) is 0. The first kappa shape index (κ1) is 17.4. The van der Waals surface area contributed by atoms with Crippen LogP contribution in [-0.4, -0.2) is 77.2 Å². The predicted octanol–water partition coefficient (Wildman–Crippen LogP) is 0.818. The number of hydrogen-bond donors (Lipinski definition) is 1. The first-order chi connectivity index (χ1) is 12.6. The van der Waals surface area contributed by atoms with Gasteiger partial charge in [0.05, 0.1) is 31.4 Å². The number of amides is 1. The fourth-order valence-corrected chi connectivity index (χ4v) is 4.38. The maximum Gasteiger partial charge on any atom is 0.317 e. The molecule has 1 aromatic rings. The van der Waals surface area contributed by atoms with Crippen molar-refractivity contribution >= 4 is 11.9 Å².